The Hall–Kier alpha value is -3.12. The Kier molecular flexibility index (Phi) is 4.67. The second-order valence-corrected chi connectivity index (χ2v) is 9.19. The van der Waals surface area contributed by atoms with Crippen molar-refractivity contribution in [2.45, 2.75) is 20.8 Å². The molecule has 0 unspecified atom stereocenters. The molecule has 1 heterocycles. The van der Waals surface area contributed by atoms with Gasteiger partial charge in [-0.25, -0.2) is 13.4 Å². The van der Waals surface area contributed by atoms with E-state index in [1.807, 2.05) is 18.2 Å². The van der Waals surface area contributed by atoms with Crippen molar-refractivity contribution in [1.82, 2.24) is 4.98 Å². The van der Waals surface area contributed by atoms with Crippen LogP contribution in [0.15, 0.2) is 54.6 Å². The third-order valence-corrected chi connectivity index (χ3v) is 5.77. The zero-order chi connectivity index (χ0) is 20.8. The molecule has 0 fully saturated rings. The monoisotopic (exact) mass is 405 g/mol. The van der Waals surface area contributed by atoms with Crippen molar-refractivity contribution in [3.8, 4) is 0 Å². The second-order valence-electron chi connectivity index (χ2n) is 7.44. The predicted octanol–water partition coefficient (Wildman–Crippen LogP) is 5.43. The van der Waals surface area contributed by atoms with Crippen molar-refractivity contribution in [3.05, 3.63) is 71.3 Å². The van der Waals surface area contributed by atoms with E-state index in [9.17, 15) is 8.42 Å². The van der Waals surface area contributed by atoms with Gasteiger partial charge in [0.2, 0.25) is 10.0 Å². The van der Waals surface area contributed by atoms with Crippen molar-refractivity contribution in [3.63, 3.8) is 0 Å². The molecule has 4 aromatic rings. The summed E-state index contributed by atoms with van der Waals surface area (Å²) in [6.07, 6.45) is 1.14. The van der Waals surface area contributed by atoms with Crippen molar-refractivity contribution in [2.75, 3.05) is 16.3 Å². The summed E-state index contributed by atoms with van der Waals surface area (Å²) in [5, 5.41) is 5.65. The smallest absolute Gasteiger partial charge is 0.229 e. The van der Waals surface area contributed by atoms with E-state index >= 15 is 0 Å². The molecule has 0 radical (unpaired) electrons. The number of fused-ring (bicyclic) bond motifs is 2. The highest BCUT2D eigenvalue weighted by Crippen LogP contribution is 2.36. The van der Waals surface area contributed by atoms with Crippen LogP contribution in [0.3, 0.4) is 0 Å². The molecule has 0 aliphatic rings. The molecule has 1 aromatic heterocycles. The fourth-order valence-corrected chi connectivity index (χ4v) is 4.09. The summed E-state index contributed by atoms with van der Waals surface area (Å²) >= 11 is 0. The molecule has 5 nitrogen and oxygen atoms in total. The first-order chi connectivity index (χ1) is 13.7. The van der Waals surface area contributed by atoms with Gasteiger partial charge in [0.1, 0.15) is 0 Å². The molecule has 0 aliphatic carbocycles. The number of pyridine rings is 1. The minimum atomic E-state index is -3.30. The van der Waals surface area contributed by atoms with Gasteiger partial charge in [-0.15, -0.1) is 0 Å². The number of nitrogens with one attached hydrogen (secondary N) is 2. The van der Waals surface area contributed by atoms with E-state index in [0.29, 0.717) is 5.69 Å². The van der Waals surface area contributed by atoms with Gasteiger partial charge >= 0.3 is 0 Å². The standard InChI is InChI=1S/C23H23N3O2S/c1-14-8-13-20-22(16(14)3)25-21-15(2)6-5-7-19(21)23(20)24-17-9-11-18(12-10-17)26-29(4,27)28/h5-13,26H,1-4H3,(H,24,25). The van der Waals surface area contributed by atoms with Gasteiger partial charge in [0.25, 0.3) is 0 Å². The maximum atomic E-state index is 11.4. The van der Waals surface area contributed by atoms with Gasteiger partial charge in [-0.1, -0.05) is 30.3 Å². The van der Waals surface area contributed by atoms with Gasteiger partial charge in [0.05, 0.1) is 23.0 Å². The second kappa shape index (κ2) is 7.04. The number of benzene rings is 3. The van der Waals surface area contributed by atoms with Gasteiger partial charge < -0.3 is 5.32 Å². The third kappa shape index (κ3) is 3.76. The quantitative estimate of drug-likeness (QED) is 0.444. The van der Waals surface area contributed by atoms with Gasteiger partial charge in [-0.2, -0.15) is 0 Å². The van der Waals surface area contributed by atoms with Crippen LogP contribution in [0, 0.1) is 20.8 Å². The first-order valence-electron chi connectivity index (χ1n) is 9.37. The average Bonchev–Trinajstić information content (AvgIpc) is 2.66. The van der Waals surface area contributed by atoms with Gasteiger partial charge in [-0.05, 0) is 61.7 Å². The number of rotatable bonds is 4. The fraction of sp³-hybridized carbons (Fsp3) is 0.174. The van der Waals surface area contributed by atoms with Crippen LogP contribution in [0.5, 0.6) is 0 Å². The molecule has 0 bridgehead atoms. The molecule has 4 rings (SSSR count). The Morgan fingerprint density at radius 1 is 0.759 bits per heavy atom. The largest absolute Gasteiger partial charge is 0.354 e. The lowest BCUT2D eigenvalue weighted by atomic mass is 10.00. The Labute approximate surface area is 170 Å². The summed E-state index contributed by atoms with van der Waals surface area (Å²) in [5.41, 5.74) is 7.88. The van der Waals surface area contributed by atoms with Crippen molar-refractivity contribution in [1.29, 1.82) is 0 Å². The van der Waals surface area contributed by atoms with Crippen molar-refractivity contribution >= 4 is 48.9 Å². The number of anilines is 3. The molecule has 0 saturated heterocycles. The Morgan fingerprint density at radius 2 is 1.41 bits per heavy atom. The summed E-state index contributed by atoms with van der Waals surface area (Å²) in [6, 6.07) is 17.6. The average molecular weight is 406 g/mol. The molecule has 3 aromatic carbocycles. The van der Waals surface area contributed by atoms with E-state index in [1.165, 1.54) is 11.1 Å². The molecule has 0 aliphatic heterocycles. The first kappa shape index (κ1) is 19.2. The van der Waals surface area contributed by atoms with E-state index in [4.69, 9.17) is 4.98 Å². The van der Waals surface area contributed by atoms with Gasteiger partial charge in [-0.3, -0.25) is 4.72 Å². The van der Waals surface area contributed by atoms with Crippen LogP contribution in [-0.4, -0.2) is 19.7 Å². The summed E-state index contributed by atoms with van der Waals surface area (Å²) in [4.78, 5) is 4.98. The maximum Gasteiger partial charge on any atom is 0.229 e. The minimum Gasteiger partial charge on any atom is -0.354 e. The number of sulfonamides is 1. The number of nitrogens with zero attached hydrogens (tertiary/aromatic N) is 1. The van der Waals surface area contributed by atoms with E-state index in [-0.39, 0.29) is 0 Å². The van der Waals surface area contributed by atoms with Crippen LogP contribution in [0.1, 0.15) is 16.7 Å². The lowest BCUT2D eigenvalue weighted by molar-refractivity contribution is 0.607. The molecular weight excluding hydrogens is 382 g/mol. The summed E-state index contributed by atoms with van der Waals surface area (Å²) in [7, 11) is -3.30. The normalized spacial score (nSPS) is 11.7. The zero-order valence-corrected chi connectivity index (χ0v) is 17.7. The van der Waals surface area contributed by atoms with Gasteiger partial charge in [0.15, 0.2) is 0 Å². The topological polar surface area (TPSA) is 71.1 Å². The summed E-state index contributed by atoms with van der Waals surface area (Å²) in [6.45, 7) is 6.27. The van der Waals surface area contributed by atoms with Crippen molar-refractivity contribution < 1.29 is 8.42 Å². The predicted molar refractivity (Wildman–Crippen MR) is 122 cm³/mol. The van der Waals surface area contributed by atoms with E-state index in [2.05, 4.69) is 55.1 Å². The molecule has 148 valence electrons. The van der Waals surface area contributed by atoms with Crippen LogP contribution < -0.4 is 10.0 Å². The first-order valence-corrected chi connectivity index (χ1v) is 11.3. The molecule has 0 saturated carbocycles. The molecular formula is C23H23N3O2S. The lowest BCUT2D eigenvalue weighted by Crippen LogP contribution is -2.09. The lowest BCUT2D eigenvalue weighted by Gasteiger charge is -2.16. The minimum absolute atomic E-state index is 0.532. The number of hydrogen-bond donors (Lipinski definition) is 2. The molecule has 6 heteroatoms. The highest BCUT2D eigenvalue weighted by atomic mass is 32.2. The Balaban J connectivity index is 1.87. The van der Waals surface area contributed by atoms with Crippen LogP contribution in [0.25, 0.3) is 21.8 Å². The maximum absolute atomic E-state index is 11.4. The Morgan fingerprint density at radius 3 is 2.10 bits per heavy atom. The molecule has 0 atom stereocenters. The molecule has 0 spiro atoms. The highest BCUT2D eigenvalue weighted by molar-refractivity contribution is 7.92. The third-order valence-electron chi connectivity index (χ3n) is 5.16. The van der Waals surface area contributed by atoms with Crippen LogP contribution >= 0.6 is 0 Å². The van der Waals surface area contributed by atoms with E-state index in [0.717, 1.165) is 45.0 Å². The highest BCUT2D eigenvalue weighted by Gasteiger charge is 2.13. The zero-order valence-electron chi connectivity index (χ0n) is 16.9. The van der Waals surface area contributed by atoms with E-state index < -0.39 is 10.0 Å². The Bertz CT molecular complexity index is 1340. The number of para-hydroxylation sites is 1. The number of hydrogen-bond acceptors (Lipinski definition) is 4. The molecule has 29 heavy (non-hydrogen) atoms. The summed E-state index contributed by atoms with van der Waals surface area (Å²) < 4.78 is 25.3. The SMILES string of the molecule is Cc1ccc2c(Nc3ccc(NS(C)(=O)=O)cc3)c3cccc(C)c3nc2c1C. The van der Waals surface area contributed by atoms with Gasteiger partial charge in [0, 0.05) is 22.1 Å². The number of aromatic nitrogens is 1. The van der Waals surface area contributed by atoms with Crippen LogP contribution in [-0.2, 0) is 10.0 Å². The van der Waals surface area contributed by atoms with E-state index in [1.54, 1.807) is 12.1 Å². The molecule has 2 N–H and O–H groups in total. The number of aryl methyl sites for hydroxylation is 3. The van der Waals surface area contributed by atoms with Crippen LogP contribution in [0.4, 0.5) is 17.1 Å². The fourth-order valence-electron chi connectivity index (χ4n) is 3.53. The van der Waals surface area contributed by atoms with Crippen LogP contribution in [0.2, 0.25) is 0 Å². The van der Waals surface area contributed by atoms with Crippen molar-refractivity contribution in [2.24, 2.45) is 0 Å². The molecule has 0 amide bonds. The summed E-state index contributed by atoms with van der Waals surface area (Å²) in [5.74, 6) is 0.